The number of rotatable bonds is 2. The summed E-state index contributed by atoms with van der Waals surface area (Å²) in [6.45, 7) is 5.50. The second-order valence-corrected chi connectivity index (χ2v) is 6.51. The van der Waals surface area contributed by atoms with Gasteiger partial charge in [0, 0.05) is 18.7 Å². The Labute approximate surface area is 137 Å². The Bertz CT molecular complexity index is 687. The zero-order chi connectivity index (χ0) is 18.1. The normalized spacial score (nSPS) is 15.2. The molecule has 1 aliphatic rings. The van der Waals surface area contributed by atoms with E-state index in [2.05, 4.69) is 0 Å². The first kappa shape index (κ1) is 18.0. The van der Waals surface area contributed by atoms with Crippen molar-refractivity contribution >= 4 is 18.0 Å². The Kier molecular flexibility index (Phi) is 4.73. The van der Waals surface area contributed by atoms with Crippen LogP contribution < -0.4 is 0 Å². The average molecular weight is 341 g/mol. The van der Waals surface area contributed by atoms with Crippen molar-refractivity contribution in [3.63, 3.8) is 0 Å². The number of hydrogen-bond donors (Lipinski definition) is 0. The quantitative estimate of drug-likeness (QED) is 0.759. The molecule has 0 unspecified atom stereocenters. The number of carbonyl (C=O) groups excluding carboxylic acids is 2. The topological polar surface area (TPSA) is 46.6 Å². The monoisotopic (exact) mass is 341 g/mol. The number of aldehydes is 1. The first-order valence-electron chi connectivity index (χ1n) is 7.35. The van der Waals surface area contributed by atoms with Crippen molar-refractivity contribution in [2.45, 2.75) is 32.5 Å². The number of hydrogen-bond acceptors (Lipinski definition) is 3. The fraction of sp³-hybridized carbons (Fsp3) is 0.412. The maximum atomic E-state index is 12.9. The second-order valence-electron chi connectivity index (χ2n) is 6.51. The molecule has 1 aromatic carbocycles. The highest BCUT2D eigenvalue weighted by Crippen LogP contribution is 2.33. The SMILES string of the molecule is CC(C)(C)OC(=O)N1CC=C(c2cc(C(F)(F)F)ccc2C=O)C1. The second kappa shape index (κ2) is 6.30. The molecule has 1 aromatic rings. The third kappa shape index (κ3) is 4.15. The van der Waals surface area contributed by atoms with E-state index in [-0.39, 0.29) is 24.2 Å². The van der Waals surface area contributed by atoms with Gasteiger partial charge in [-0.25, -0.2) is 4.79 Å². The fourth-order valence-corrected chi connectivity index (χ4v) is 2.33. The molecule has 0 spiro atoms. The lowest BCUT2D eigenvalue weighted by atomic mass is 9.98. The molecule has 0 fully saturated rings. The molecule has 0 atom stereocenters. The van der Waals surface area contributed by atoms with Gasteiger partial charge in [-0.3, -0.25) is 4.79 Å². The summed E-state index contributed by atoms with van der Waals surface area (Å²) in [6, 6.07) is 2.95. The van der Waals surface area contributed by atoms with Crippen molar-refractivity contribution in [1.82, 2.24) is 4.90 Å². The summed E-state index contributed by atoms with van der Waals surface area (Å²) in [5.74, 6) is 0. The zero-order valence-corrected chi connectivity index (χ0v) is 13.6. The van der Waals surface area contributed by atoms with Crippen LogP contribution in [0.4, 0.5) is 18.0 Å². The molecular formula is C17H18F3NO3. The number of nitrogens with zero attached hydrogens (tertiary/aromatic N) is 1. The van der Waals surface area contributed by atoms with E-state index >= 15 is 0 Å². The Morgan fingerprint density at radius 2 is 1.92 bits per heavy atom. The fourth-order valence-electron chi connectivity index (χ4n) is 2.33. The molecule has 0 bridgehead atoms. The van der Waals surface area contributed by atoms with Crippen LogP contribution in [0.25, 0.3) is 5.57 Å². The van der Waals surface area contributed by atoms with Gasteiger partial charge >= 0.3 is 12.3 Å². The first-order chi connectivity index (χ1) is 11.0. The summed E-state index contributed by atoms with van der Waals surface area (Å²) >= 11 is 0. The van der Waals surface area contributed by atoms with Gasteiger partial charge in [0.2, 0.25) is 0 Å². The molecule has 0 saturated carbocycles. The Balaban J connectivity index is 2.24. The van der Waals surface area contributed by atoms with Crippen LogP contribution in [0.5, 0.6) is 0 Å². The maximum absolute atomic E-state index is 12.9. The molecule has 0 saturated heterocycles. The minimum atomic E-state index is -4.50. The molecule has 0 aromatic heterocycles. The van der Waals surface area contributed by atoms with Crippen LogP contribution in [0.15, 0.2) is 24.3 Å². The predicted octanol–water partition coefficient (Wildman–Crippen LogP) is 4.15. The van der Waals surface area contributed by atoms with Gasteiger partial charge < -0.3 is 9.64 Å². The summed E-state index contributed by atoms with van der Waals surface area (Å²) in [5.41, 5.74) is -0.663. The molecule has 1 heterocycles. The third-order valence-electron chi connectivity index (χ3n) is 3.42. The van der Waals surface area contributed by atoms with Gasteiger partial charge in [0.1, 0.15) is 5.60 Å². The Hall–Kier alpha value is -2.31. The number of carbonyl (C=O) groups is 2. The number of halogens is 3. The van der Waals surface area contributed by atoms with Crippen LogP contribution in [0, 0.1) is 0 Å². The van der Waals surface area contributed by atoms with E-state index in [9.17, 15) is 22.8 Å². The molecule has 0 aliphatic carbocycles. The van der Waals surface area contributed by atoms with E-state index in [1.165, 1.54) is 4.90 Å². The molecule has 1 aliphatic heterocycles. The van der Waals surface area contributed by atoms with Crippen molar-refractivity contribution < 1.29 is 27.5 Å². The van der Waals surface area contributed by atoms with Crippen molar-refractivity contribution in [3.8, 4) is 0 Å². The van der Waals surface area contributed by atoms with E-state index in [4.69, 9.17) is 4.74 Å². The van der Waals surface area contributed by atoms with Gasteiger partial charge in [-0.1, -0.05) is 12.1 Å². The number of benzene rings is 1. The molecule has 7 heteroatoms. The average Bonchev–Trinajstić information content (AvgIpc) is 2.93. The molecule has 0 radical (unpaired) electrons. The summed E-state index contributed by atoms with van der Waals surface area (Å²) in [7, 11) is 0. The van der Waals surface area contributed by atoms with E-state index in [0.29, 0.717) is 11.9 Å². The number of alkyl halides is 3. The highest BCUT2D eigenvalue weighted by atomic mass is 19.4. The Morgan fingerprint density at radius 1 is 1.25 bits per heavy atom. The Morgan fingerprint density at radius 3 is 2.46 bits per heavy atom. The summed E-state index contributed by atoms with van der Waals surface area (Å²) in [6.07, 6.45) is -2.91. The molecule has 130 valence electrons. The van der Waals surface area contributed by atoms with E-state index in [0.717, 1.165) is 18.2 Å². The van der Waals surface area contributed by atoms with Crippen LogP contribution in [0.2, 0.25) is 0 Å². The molecule has 2 rings (SSSR count). The lowest BCUT2D eigenvalue weighted by Gasteiger charge is -2.24. The molecular weight excluding hydrogens is 323 g/mol. The van der Waals surface area contributed by atoms with Crippen LogP contribution in [-0.2, 0) is 10.9 Å². The molecule has 4 nitrogen and oxygen atoms in total. The summed E-state index contributed by atoms with van der Waals surface area (Å²) < 4.78 is 43.9. The van der Waals surface area contributed by atoms with Crippen molar-refractivity contribution in [1.29, 1.82) is 0 Å². The van der Waals surface area contributed by atoms with Gasteiger partial charge in [0.25, 0.3) is 0 Å². The van der Waals surface area contributed by atoms with E-state index in [1.54, 1.807) is 26.8 Å². The molecule has 1 amide bonds. The first-order valence-corrected chi connectivity index (χ1v) is 7.35. The van der Waals surface area contributed by atoms with Crippen LogP contribution >= 0.6 is 0 Å². The summed E-state index contributed by atoms with van der Waals surface area (Å²) in [5, 5.41) is 0. The van der Waals surface area contributed by atoms with Crippen LogP contribution in [-0.4, -0.2) is 36.0 Å². The molecule has 0 N–H and O–H groups in total. The number of ether oxygens (including phenoxy) is 1. The smallest absolute Gasteiger partial charge is 0.416 e. The number of amides is 1. The third-order valence-corrected chi connectivity index (χ3v) is 3.42. The largest absolute Gasteiger partial charge is 0.444 e. The van der Waals surface area contributed by atoms with Gasteiger partial charge in [0.05, 0.1) is 5.56 Å². The van der Waals surface area contributed by atoms with Gasteiger partial charge in [-0.15, -0.1) is 0 Å². The zero-order valence-electron chi connectivity index (χ0n) is 13.6. The maximum Gasteiger partial charge on any atom is 0.416 e. The van der Waals surface area contributed by atoms with Crippen LogP contribution in [0.1, 0.15) is 42.3 Å². The van der Waals surface area contributed by atoms with Gasteiger partial charge in [0.15, 0.2) is 6.29 Å². The lowest BCUT2D eigenvalue weighted by Crippen LogP contribution is -2.35. The standard InChI is InChI=1S/C17H18F3NO3/c1-16(2,3)24-15(23)21-7-6-11(9-21)14-8-13(17(18,19)20)5-4-12(14)10-22/h4-6,8,10H,7,9H2,1-3H3. The minimum Gasteiger partial charge on any atom is -0.444 e. The van der Waals surface area contributed by atoms with Crippen molar-refractivity contribution in [2.24, 2.45) is 0 Å². The minimum absolute atomic E-state index is 0.0943. The summed E-state index contributed by atoms with van der Waals surface area (Å²) in [4.78, 5) is 24.5. The highest BCUT2D eigenvalue weighted by molar-refractivity contribution is 5.88. The van der Waals surface area contributed by atoms with Crippen molar-refractivity contribution in [2.75, 3.05) is 13.1 Å². The predicted molar refractivity (Wildman–Crippen MR) is 82.6 cm³/mol. The van der Waals surface area contributed by atoms with Crippen LogP contribution in [0.3, 0.4) is 0 Å². The highest BCUT2D eigenvalue weighted by Gasteiger charge is 2.32. The van der Waals surface area contributed by atoms with Gasteiger partial charge in [-0.2, -0.15) is 13.2 Å². The van der Waals surface area contributed by atoms with Crippen molar-refractivity contribution in [3.05, 3.63) is 41.0 Å². The van der Waals surface area contributed by atoms with Gasteiger partial charge in [-0.05, 0) is 44.0 Å². The van der Waals surface area contributed by atoms with E-state index in [1.807, 2.05) is 0 Å². The lowest BCUT2D eigenvalue weighted by molar-refractivity contribution is -0.137. The molecule has 24 heavy (non-hydrogen) atoms. The van der Waals surface area contributed by atoms with E-state index < -0.39 is 23.4 Å².